The standard InChI is InChI=1S/C18H13Cl2NO3/c19-12-2-1-3-13(20)17(12)15-7-5-11-8-10(4-6-14(11)21-15)9-16(22)18(23)24/h1-8,16,22H,9H2,(H,23,24). The van der Waals surface area contributed by atoms with E-state index in [-0.39, 0.29) is 6.42 Å². The summed E-state index contributed by atoms with van der Waals surface area (Å²) in [6, 6.07) is 14.3. The monoisotopic (exact) mass is 361 g/mol. The van der Waals surface area contributed by atoms with Gasteiger partial charge >= 0.3 is 5.97 Å². The lowest BCUT2D eigenvalue weighted by atomic mass is 10.0. The van der Waals surface area contributed by atoms with Gasteiger partial charge in [0.15, 0.2) is 6.10 Å². The minimum absolute atomic E-state index is 0.0450. The zero-order valence-electron chi connectivity index (χ0n) is 12.4. The fraction of sp³-hybridized carbons (Fsp3) is 0.111. The lowest BCUT2D eigenvalue weighted by molar-refractivity contribution is -0.146. The third kappa shape index (κ3) is 3.36. The molecule has 0 bridgehead atoms. The van der Waals surface area contributed by atoms with Crippen molar-refractivity contribution in [3.05, 3.63) is 64.1 Å². The molecule has 0 aliphatic carbocycles. The van der Waals surface area contributed by atoms with Gasteiger partial charge in [-0.1, -0.05) is 41.4 Å². The van der Waals surface area contributed by atoms with Gasteiger partial charge in [-0.2, -0.15) is 0 Å². The molecule has 3 aromatic rings. The van der Waals surface area contributed by atoms with Crippen LogP contribution in [0.4, 0.5) is 0 Å². The number of hydrogen-bond acceptors (Lipinski definition) is 3. The van der Waals surface area contributed by atoms with Crippen LogP contribution in [0.2, 0.25) is 10.0 Å². The Bertz CT molecular complexity index is 907. The van der Waals surface area contributed by atoms with Gasteiger partial charge in [-0.15, -0.1) is 0 Å². The number of pyridine rings is 1. The summed E-state index contributed by atoms with van der Waals surface area (Å²) in [6.07, 6.45) is -1.37. The van der Waals surface area contributed by atoms with Crippen LogP contribution < -0.4 is 0 Å². The zero-order valence-corrected chi connectivity index (χ0v) is 13.9. The number of aliphatic hydroxyl groups is 1. The molecule has 1 heterocycles. The molecule has 0 aliphatic rings. The van der Waals surface area contributed by atoms with Gasteiger partial charge in [-0.25, -0.2) is 9.78 Å². The molecule has 0 saturated heterocycles. The van der Waals surface area contributed by atoms with Gasteiger partial charge < -0.3 is 10.2 Å². The number of benzene rings is 2. The third-order valence-electron chi connectivity index (χ3n) is 3.69. The van der Waals surface area contributed by atoms with Crippen LogP contribution in [0.25, 0.3) is 22.2 Å². The normalized spacial score (nSPS) is 12.3. The van der Waals surface area contributed by atoms with E-state index in [0.29, 0.717) is 21.3 Å². The molecule has 2 N–H and O–H groups in total. The smallest absolute Gasteiger partial charge is 0.332 e. The Morgan fingerprint density at radius 2 is 1.79 bits per heavy atom. The molecule has 0 saturated carbocycles. The van der Waals surface area contributed by atoms with E-state index in [9.17, 15) is 9.90 Å². The number of nitrogens with zero attached hydrogens (tertiary/aromatic N) is 1. The molecule has 1 unspecified atom stereocenters. The Kier molecular flexibility index (Phi) is 4.71. The second kappa shape index (κ2) is 6.77. The molecule has 122 valence electrons. The fourth-order valence-corrected chi connectivity index (χ4v) is 3.09. The minimum atomic E-state index is -1.42. The highest BCUT2D eigenvalue weighted by Gasteiger charge is 2.14. The quantitative estimate of drug-likeness (QED) is 0.730. The van der Waals surface area contributed by atoms with Crippen LogP contribution in [0.5, 0.6) is 0 Å². The van der Waals surface area contributed by atoms with Gasteiger partial charge in [0, 0.05) is 17.4 Å². The first-order chi connectivity index (χ1) is 11.5. The number of aliphatic hydroxyl groups excluding tert-OH is 1. The maximum atomic E-state index is 10.7. The average Bonchev–Trinajstić information content (AvgIpc) is 2.54. The molecular formula is C18H13Cl2NO3. The Hall–Kier alpha value is -2.14. The Labute approximate surface area is 148 Å². The summed E-state index contributed by atoms with van der Waals surface area (Å²) in [5.41, 5.74) is 2.80. The van der Waals surface area contributed by atoms with Crippen molar-refractivity contribution in [2.45, 2.75) is 12.5 Å². The first-order valence-electron chi connectivity index (χ1n) is 7.20. The van der Waals surface area contributed by atoms with Crippen LogP contribution >= 0.6 is 23.2 Å². The number of halogens is 2. The zero-order chi connectivity index (χ0) is 17.3. The molecule has 0 aliphatic heterocycles. The van der Waals surface area contributed by atoms with Crippen LogP contribution in [0.15, 0.2) is 48.5 Å². The van der Waals surface area contributed by atoms with Gasteiger partial charge in [-0.3, -0.25) is 0 Å². The molecule has 3 rings (SSSR count). The van der Waals surface area contributed by atoms with E-state index in [1.165, 1.54) is 0 Å². The maximum Gasteiger partial charge on any atom is 0.332 e. The SMILES string of the molecule is O=C(O)C(O)Cc1ccc2nc(-c3c(Cl)cccc3Cl)ccc2c1. The number of carbonyl (C=O) groups is 1. The number of carboxylic acid groups (broad SMARTS) is 1. The second-order valence-corrected chi connectivity index (χ2v) is 6.19. The Morgan fingerprint density at radius 3 is 2.46 bits per heavy atom. The highest BCUT2D eigenvalue weighted by Crippen LogP contribution is 2.34. The van der Waals surface area contributed by atoms with Crippen molar-refractivity contribution in [3.63, 3.8) is 0 Å². The topological polar surface area (TPSA) is 70.4 Å². The van der Waals surface area contributed by atoms with Gasteiger partial charge in [0.1, 0.15) is 0 Å². The van der Waals surface area contributed by atoms with Crippen molar-refractivity contribution >= 4 is 40.1 Å². The van der Waals surface area contributed by atoms with Crippen LogP contribution in [0.1, 0.15) is 5.56 Å². The Morgan fingerprint density at radius 1 is 1.08 bits per heavy atom. The molecule has 1 aromatic heterocycles. The summed E-state index contributed by atoms with van der Waals surface area (Å²) in [6.45, 7) is 0. The van der Waals surface area contributed by atoms with Gasteiger partial charge in [-0.05, 0) is 35.9 Å². The van der Waals surface area contributed by atoms with Gasteiger partial charge in [0.2, 0.25) is 0 Å². The summed E-state index contributed by atoms with van der Waals surface area (Å²) in [5, 5.41) is 20.1. The van der Waals surface area contributed by atoms with Crippen molar-refractivity contribution in [2.75, 3.05) is 0 Å². The van der Waals surface area contributed by atoms with Crippen LogP contribution in [0.3, 0.4) is 0 Å². The largest absolute Gasteiger partial charge is 0.479 e. The van der Waals surface area contributed by atoms with Crippen molar-refractivity contribution in [2.24, 2.45) is 0 Å². The minimum Gasteiger partial charge on any atom is -0.479 e. The van der Waals surface area contributed by atoms with Crippen molar-refractivity contribution in [1.29, 1.82) is 0 Å². The highest BCUT2D eigenvalue weighted by molar-refractivity contribution is 6.39. The van der Waals surface area contributed by atoms with Crippen molar-refractivity contribution in [3.8, 4) is 11.3 Å². The average molecular weight is 362 g/mol. The van der Waals surface area contributed by atoms with Gasteiger partial charge in [0.25, 0.3) is 0 Å². The molecule has 24 heavy (non-hydrogen) atoms. The highest BCUT2D eigenvalue weighted by atomic mass is 35.5. The van der Waals surface area contributed by atoms with E-state index in [1.807, 2.05) is 18.2 Å². The van der Waals surface area contributed by atoms with E-state index in [2.05, 4.69) is 4.98 Å². The summed E-state index contributed by atoms with van der Waals surface area (Å²) in [4.78, 5) is 15.3. The molecular weight excluding hydrogens is 349 g/mol. The summed E-state index contributed by atoms with van der Waals surface area (Å²) in [7, 11) is 0. The molecule has 0 fully saturated rings. The van der Waals surface area contributed by atoms with Crippen molar-refractivity contribution in [1.82, 2.24) is 4.98 Å². The lowest BCUT2D eigenvalue weighted by Crippen LogP contribution is -2.21. The molecule has 4 nitrogen and oxygen atoms in total. The van der Waals surface area contributed by atoms with Crippen molar-refractivity contribution < 1.29 is 15.0 Å². The number of aromatic nitrogens is 1. The van der Waals surface area contributed by atoms with E-state index < -0.39 is 12.1 Å². The van der Waals surface area contributed by atoms with E-state index in [0.717, 1.165) is 16.5 Å². The molecule has 2 aromatic carbocycles. The summed E-state index contributed by atoms with van der Waals surface area (Å²) >= 11 is 12.4. The lowest BCUT2D eigenvalue weighted by Gasteiger charge is -2.09. The predicted molar refractivity (Wildman–Crippen MR) is 94.5 cm³/mol. The predicted octanol–water partition coefficient (Wildman–Crippen LogP) is 4.20. The number of fused-ring (bicyclic) bond motifs is 1. The van der Waals surface area contributed by atoms with Gasteiger partial charge in [0.05, 0.1) is 21.3 Å². The van der Waals surface area contributed by atoms with E-state index in [4.69, 9.17) is 28.3 Å². The summed E-state index contributed by atoms with van der Waals surface area (Å²) < 4.78 is 0. The number of aliphatic carboxylic acids is 1. The molecule has 1 atom stereocenters. The molecule has 6 heteroatoms. The molecule has 0 amide bonds. The Balaban J connectivity index is 2.00. The van der Waals surface area contributed by atoms with Crippen LogP contribution in [0, 0.1) is 0 Å². The van der Waals surface area contributed by atoms with Crippen LogP contribution in [-0.2, 0) is 11.2 Å². The van der Waals surface area contributed by atoms with E-state index in [1.54, 1.807) is 30.3 Å². The summed E-state index contributed by atoms with van der Waals surface area (Å²) in [5.74, 6) is -1.24. The first-order valence-corrected chi connectivity index (χ1v) is 7.96. The number of rotatable bonds is 4. The third-order valence-corrected chi connectivity index (χ3v) is 4.32. The fourth-order valence-electron chi connectivity index (χ4n) is 2.49. The number of carboxylic acids is 1. The maximum absolute atomic E-state index is 10.7. The second-order valence-electron chi connectivity index (χ2n) is 5.38. The molecule has 0 spiro atoms. The molecule has 0 radical (unpaired) electrons. The van der Waals surface area contributed by atoms with E-state index >= 15 is 0 Å². The first kappa shape index (κ1) is 16.7. The van der Waals surface area contributed by atoms with Crippen LogP contribution in [-0.4, -0.2) is 27.3 Å². The number of hydrogen-bond donors (Lipinski definition) is 2.